The van der Waals surface area contributed by atoms with Crippen LogP contribution in [0.15, 0.2) is 4.79 Å². The van der Waals surface area contributed by atoms with Gasteiger partial charge in [-0.2, -0.15) is 5.10 Å². The van der Waals surface area contributed by atoms with Crippen LogP contribution in [0.5, 0.6) is 0 Å². The van der Waals surface area contributed by atoms with Crippen LogP contribution < -0.4 is 5.56 Å². The number of nitrogens with zero attached hydrogens (tertiary/aromatic N) is 3. The summed E-state index contributed by atoms with van der Waals surface area (Å²) in [5.41, 5.74) is 1.18. The number of carbonyl (C=O) groups excluding carboxylic acids is 1. The lowest BCUT2D eigenvalue weighted by atomic mass is 9.98. The van der Waals surface area contributed by atoms with Crippen LogP contribution in [-0.2, 0) is 7.05 Å². The molecular weight excluding hydrogens is 258 g/mol. The number of likely N-dealkylation sites (tertiary alicyclic amines) is 1. The second-order valence-electron chi connectivity index (χ2n) is 5.46. The van der Waals surface area contributed by atoms with E-state index in [4.69, 9.17) is 0 Å². The van der Waals surface area contributed by atoms with E-state index in [2.05, 4.69) is 5.10 Å². The summed E-state index contributed by atoms with van der Waals surface area (Å²) in [6, 6.07) is 0. The van der Waals surface area contributed by atoms with Gasteiger partial charge in [-0.25, -0.2) is 4.68 Å². The van der Waals surface area contributed by atoms with Crippen molar-refractivity contribution < 1.29 is 9.90 Å². The van der Waals surface area contributed by atoms with E-state index in [-0.39, 0.29) is 29.6 Å². The standard InChI is InChI=1S/C14H21N3O3/c1-9-10(2)15-16(3)13(19)12(9)14(20)17-6-4-5-11(7-17)8-18/h11,18H,4-8H2,1-3H3. The molecule has 1 amide bonds. The van der Waals surface area contributed by atoms with E-state index >= 15 is 0 Å². The van der Waals surface area contributed by atoms with Gasteiger partial charge in [0.25, 0.3) is 11.5 Å². The van der Waals surface area contributed by atoms with Gasteiger partial charge in [0.1, 0.15) is 5.56 Å². The Labute approximate surface area is 118 Å². The van der Waals surface area contributed by atoms with Crippen LogP contribution in [0.4, 0.5) is 0 Å². The second kappa shape index (κ2) is 5.75. The first-order chi connectivity index (χ1) is 9.45. The minimum Gasteiger partial charge on any atom is -0.396 e. The second-order valence-corrected chi connectivity index (χ2v) is 5.46. The van der Waals surface area contributed by atoms with Gasteiger partial charge in [-0.3, -0.25) is 9.59 Å². The maximum absolute atomic E-state index is 12.6. The lowest BCUT2D eigenvalue weighted by Crippen LogP contribution is -2.44. The summed E-state index contributed by atoms with van der Waals surface area (Å²) in [6.45, 7) is 4.78. The average Bonchev–Trinajstić information content (AvgIpc) is 2.45. The Morgan fingerprint density at radius 3 is 2.80 bits per heavy atom. The third-order valence-corrected chi connectivity index (χ3v) is 4.00. The predicted octanol–water partition coefficient (Wildman–Crippen LogP) is 0.242. The fourth-order valence-corrected chi connectivity index (χ4v) is 2.66. The Bertz CT molecular complexity index is 580. The molecule has 1 saturated heterocycles. The monoisotopic (exact) mass is 279 g/mol. The molecule has 0 spiro atoms. The van der Waals surface area contributed by atoms with Gasteiger partial charge in [0.2, 0.25) is 0 Å². The van der Waals surface area contributed by atoms with Gasteiger partial charge in [0, 0.05) is 26.7 Å². The molecule has 0 bridgehead atoms. The van der Waals surface area contributed by atoms with Crippen molar-refractivity contribution in [2.45, 2.75) is 26.7 Å². The molecule has 1 aliphatic rings. The highest BCUT2D eigenvalue weighted by Gasteiger charge is 2.27. The smallest absolute Gasteiger partial charge is 0.279 e. The van der Waals surface area contributed by atoms with E-state index in [9.17, 15) is 14.7 Å². The fraction of sp³-hybridized carbons (Fsp3) is 0.643. The van der Waals surface area contributed by atoms with Gasteiger partial charge in [-0.15, -0.1) is 0 Å². The fourth-order valence-electron chi connectivity index (χ4n) is 2.66. The third-order valence-electron chi connectivity index (χ3n) is 4.00. The normalized spacial score (nSPS) is 19.2. The Hall–Kier alpha value is -1.69. The molecule has 20 heavy (non-hydrogen) atoms. The van der Waals surface area contributed by atoms with E-state index in [0.29, 0.717) is 24.3 Å². The lowest BCUT2D eigenvalue weighted by Gasteiger charge is -2.32. The van der Waals surface area contributed by atoms with E-state index in [1.54, 1.807) is 25.8 Å². The summed E-state index contributed by atoms with van der Waals surface area (Å²) in [5.74, 6) is -0.133. The number of aliphatic hydroxyl groups is 1. The van der Waals surface area contributed by atoms with Crippen LogP contribution in [-0.4, -0.2) is 45.4 Å². The molecule has 2 rings (SSSR count). The molecule has 2 heterocycles. The molecular formula is C14H21N3O3. The van der Waals surface area contributed by atoms with E-state index < -0.39 is 0 Å². The molecule has 1 aromatic heterocycles. The summed E-state index contributed by atoms with van der Waals surface area (Å²) >= 11 is 0. The highest BCUT2D eigenvalue weighted by Crippen LogP contribution is 2.18. The Morgan fingerprint density at radius 1 is 1.45 bits per heavy atom. The highest BCUT2D eigenvalue weighted by molar-refractivity contribution is 5.95. The van der Waals surface area contributed by atoms with Gasteiger partial charge in [-0.1, -0.05) is 0 Å². The first-order valence-corrected chi connectivity index (χ1v) is 6.90. The van der Waals surface area contributed by atoms with Gasteiger partial charge in [0.15, 0.2) is 0 Å². The molecule has 0 saturated carbocycles. The molecule has 1 N–H and O–H groups in total. The van der Waals surface area contributed by atoms with E-state index in [0.717, 1.165) is 12.8 Å². The molecule has 0 aromatic carbocycles. The minimum atomic E-state index is -0.357. The number of aliphatic hydroxyl groups excluding tert-OH is 1. The number of rotatable bonds is 2. The summed E-state index contributed by atoms with van der Waals surface area (Å²) in [4.78, 5) is 26.5. The van der Waals surface area contributed by atoms with Crippen molar-refractivity contribution in [3.8, 4) is 0 Å². The Balaban J connectivity index is 2.36. The van der Waals surface area contributed by atoms with Crippen LogP contribution in [0.2, 0.25) is 0 Å². The van der Waals surface area contributed by atoms with E-state index in [1.807, 2.05) is 0 Å². The van der Waals surface area contributed by atoms with Crippen LogP contribution in [0.25, 0.3) is 0 Å². The Kier molecular flexibility index (Phi) is 4.23. The van der Waals surface area contributed by atoms with Crippen molar-refractivity contribution in [2.24, 2.45) is 13.0 Å². The maximum atomic E-state index is 12.6. The minimum absolute atomic E-state index is 0.0795. The molecule has 0 aliphatic carbocycles. The maximum Gasteiger partial charge on any atom is 0.279 e. The summed E-state index contributed by atoms with van der Waals surface area (Å²) < 4.78 is 1.21. The number of amides is 1. The number of carbonyl (C=O) groups is 1. The zero-order valence-corrected chi connectivity index (χ0v) is 12.2. The van der Waals surface area contributed by atoms with Crippen molar-refractivity contribution in [2.75, 3.05) is 19.7 Å². The summed E-state index contributed by atoms with van der Waals surface area (Å²) in [7, 11) is 1.55. The van der Waals surface area contributed by atoms with Gasteiger partial charge >= 0.3 is 0 Å². The van der Waals surface area contributed by atoms with E-state index in [1.165, 1.54) is 4.68 Å². The average molecular weight is 279 g/mol. The van der Waals surface area contributed by atoms with Crippen molar-refractivity contribution in [3.63, 3.8) is 0 Å². The molecule has 1 unspecified atom stereocenters. The van der Waals surface area contributed by atoms with Gasteiger partial charge in [-0.05, 0) is 38.2 Å². The van der Waals surface area contributed by atoms with Crippen LogP contribution >= 0.6 is 0 Å². The SMILES string of the molecule is Cc1nn(C)c(=O)c(C(=O)N2CCCC(CO)C2)c1C. The lowest BCUT2D eigenvalue weighted by molar-refractivity contribution is 0.0617. The van der Waals surface area contributed by atoms with Gasteiger partial charge < -0.3 is 10.0 Å². The zero-order valence-electron chi connectivity index (χ0n) is 12.2. The molecule has 6 heteroatoms. The van der Waals surface area contributed by atoms with Gasteiger partial charge in [0.05, 0.1) is 5.69 Å². The van der Waals surface area contributed by atoms with Crippen LogP contribution in [0.1, 0.15) is 34.5 Å². The molecule has 6 nitrogen and oxygen atoms in total. The number of aromatic nitrogens is 2. The molecule has 1 fully saturated rings. The van der Waals surface area contributed by atoms with Crippen molar-refractivity contribution in [1.29, 1.82) is 0 Å². The first-order valence-electron chi connectivity index (χ1n) is 6.90. The third kappa shape index (κ3) is 2.60. The predicted molar refractivity (Wildman–Crippen MR) is 74.7 cm³/mol. The topological polar surface area (TPSA) is 75.4 Å². The van der Waals surface area contributed by atoms with Crippen molar-refractivity contribution in [3.05, 3.63) is 27.2 Å². The van der Waals surface area contributed by atoms with Crippen molar-refractivity contribution >= 4 is 5.91 Å². The largest absolute Gasteiger partial charge is 0.396 e. The van der Waals surface area contributed by atoms with Crippen molar-refractivity contribution in [1.82, 2.24) is 14.7 Å². The summed E-state index contributed by atoms with van der Waals surface area (Å²) in [5, 5.41) is 13.3. The first kappa shape index (κ1) is 14.7. The number of aryl methyl sites for hydroxylation is 2. The number of piperidine rings is 1. The number of hydrogen-bond acceptors (Lipinski definition) is 4. The van der Waals surface area contributed by atoms with Crippen LogP contribution in [0, 0.1) is 19.8 Å². The van der Waals surface area contributed by atoms with Crippen LogP contribution in [0.3, 0.4) is 0 Å². The molecule has 1 aliphatic heterocycles. The highest BCUT2D eigenvalue weighted by atomic mass is 16.3. The zero-order chi connectivity index (χ0) is 14.9. The molecule has 1 aromatic rings. The molecule has 1 atom stereocenters. The molecule has 110 valence electrons. The Morgan fingerprint density at radius 2 is 2.15 bits per heavy atom. The molecule has 0 radical (unpaired) electrons. The quantitative estimate of drug-likeness (QED) is 0.841. The summed E-state index contributed by atoms with van der Waals surface area (Å²) in [6.07, 6.45) is 1.78. The number of hydrogen-bond donors (Lipinski definition) is 1.